The molecule has 116 valence electrons. The van der Waals surface area contributed by atoms with E-state index in [2.05, 4.69) is 16.5 Å². The molecule has 0 spiro atoms. The lowest BCUT2D eigenvalue weighted by molar-refractivity contribution is -0.0390. The quantitative estimate of drug-likeness (QED) is 0.909. The summed E-state index contributed by atoms with van der Waals surface area (Å²) < 4.78 is 33.5. The second-order valence-corrected chi connectivity index (χ2v) is 7.75. The number of fused-ring (bicyclic) bond motifs is 1. The molecule has 0 saturated carbocycles. The Morgan fingerprint density at radius 1 is 1.29 bits per heavy atom. The predicted molar refractivity (Wildman–Crippen MR) is 80.7 cm³/mol. The van der Waals surface area contributed by atoms with E-state index in [4.69, 9.17) is 4.74 Å². The molecular formula is C15H22N2O3S. The molecule has 2 aliphatic heterocycles. The van der Waals surface area contributed by atoms with Crippen LogP contribution in [0.5, 0.6) is 0 Å². The molecule has 5 nitrogen and oxygen atoms in total. The van der Waals surface area contributed by atoms with Gasteiger partial charge in [0, 0.05) is 25.2 Å². The maximum Gasteiger partial charge on any atom is 0.241 e. The Morgan fingerprint density at radius 3 is 2.81 bits per heavy atom. The monoisotopic (exact) mass is 310 g/mol. The highest BCUT2D eigenvalue weighted by atomic mass is 32.2. The molecule has 0 amide bonds. The van der Waals surface area contributed by atoms with Crippen LogP contribution in [0.3, 0.4) is 0 Å². The highest BCUT2D eigenvalue weighted by Gasteiger charge is 2.38. The summed E-state index contributed by atoms with van der Waals surface area (Å²) in [5.41, 5.74) is 0.776. The number of benzene rings is 1. The van der Waals surface area contributed by atoms with Gasteiger partial charge in [-0.3, -0.25) is 4.90 Å². The predicted octanol–water partition coefficient (Wildman–Crippen LogP) is 1.13. The molecule has 21 heavy (non-hydrogen) atoms. The van der Waals surface area contributed by atoms with Crippen molar-refractivity contribution in [1.82, 2.24) is 9.62 Å². The van der Waals surface area contributed by atoms with Crippen LogP contribution in [0.2, 0.25) is 0 Å². The Balaban J connectivity index is 1.71. The van der Waals surface area contributed by atoms with Crippen molar-refractivity contribution in [2.45, 2.75) is 43.4 Å². The molecule has 2 aliphatic rings. The molecule has 3 rings (SSSR count). The number of nitrogens with zero attached hydrogens (tertiary/aromatic N) is 1. The smallest absolute Gasteiger partial charge is 0.241 e. The third-order valence-electron chi connectivity index (χ3n) is 4.30. The fourth-order valence-corrected chi connectivity index (χ4v) is 4.75. The summed E-state index contributed by atoms with van der Waals surface area (Å²) in [6.07, 6.45) is 1.05. The second-order valence-electron chi connectivity index (χ2n) is 6.07. The van der Waals surface area contributed by atoms with Crippen molar-refractivity contribution in [1.29, 1.82) is 0 Å². The van der Waals surface area contributed by atoms with Gasteiger partial charge in [-0.15, -0.1) is 0 Å². The molecule has 0 aliphatic carbocycles. The standard InChI is InChI=1S/C15H22N2O3S/c1-11-5-3-4-6-15(11)21(18,19)16-13-7-14-10-20-12(2)8-17(14)9-13/h3-6,12-14,16H,7-10H2,1-2H3/t12-,13-,14+/m1/s1. The zero-order chi connectivity index (χ0) is 15.0. The molecular weight excluding hydrogens is 288 g/mol. The summed E-state index contributed by atoms with van der Waals surface area (Å²) in [5, 5.41) is 0. The lowest BCUT2D eigenvalue weighted by Gasteiger charge is -2.33. The van der Waals surface area contributed by atoms with Gasteiger partial charge in [0.2, 0.25) is 10.0 Å². The van der Waals surface area contributed by atoms with Gasteiger partial charge < -0.3 is 4.74 Å². The van der Waals surface area contributed by atoms with E-state index in [1.54, 1.807) is 12.1 Å². The van der Waals surface area contributed by atoms with Gasteiger partial charge in [-0.25, -0.2) is 13.1 Å². The van der Waals surface area contributed by atoms with Crippen LogP contribution in [0.4, 0.5) is 0 Å². The number of hydrogen-bond donors (Lipinski definition) is 1. The minimum absolute atomic E-state index is 0.0338. The van der Waals surface area contributed by atoms with E-state index >= 15 is 0 Å². The molecule has 0 aromatic heterocycles. The van der Waals surface area contributed by atoms with Crippen LogP contribution >= 0.6 is 0 Å². The minimum Gasteiger partial charge on any atom is -0.376 e. The van der Waals surface area contributed by atoms with Crippen LogP contribution < -0.4 is 4.72 Å². The van der Waals surface area contributed by atoms with Crippen LogP contribution in [0.15, 0.2) is 29.2 Å². The zero-order valence-corrected chi connectivity index (χ0v) is 13.3. The lowest BCUT2D eigenvalue weighted by atomic mass is 10.2. The van der Waals surface area contributed by atoms with Crippen LogP contribution in [0.1, 0.15) is 18.9 Å². The number of hydrogen-bond acceptors (Lipinski definition) is 4. The number of sulfonamides is 1. The molecule has 3 atom stereocenters. The van der Waals surface area contributed by atoms with E-state index in [0.717, 1.165) is 25.1 Å². The van der Waals surface area contributed by atoms with Crippen LogP contribution in [0.25, 0.3) is 0 Å². The second kappa shape index (κ2) is 5.68. The van der Waals surface area contributed by atoms with Crippen molar-refractivity contribution in [3.63, 3.8) is 0 Å². The summed E-state index contributed by atoms with van der Waals surface area (Å²) in [5.74, 6) is 0. The number of ether oxygens (including phenoxy) is 1. The summed E-state index contributed by atoms with van der Waals surface area (Å²) in [7, 11) is -3.45. The average Bonchev–Trinajstić information content (AvgIpc) is 2.79. The van der Waals surface area contributed by atoms with E-state index in [0.29, 0.717) is 17.5 Å². The third kappa shape index (κ3) is 3.13. The highest BCUT2D eigenvalue weighted by molar-refractivity contribution is 7.89. The van der Waals surface area contributed by atoms with E-state index in [1.165, 1.54) is 0 Å². The first-order valence-corrected chi connectivity index (χ1v) is 8.87. The fourth-order valence-electron chi connectivity index (χ4n) is 3.27. The first-order chi connectivity index (χ1) is 9.95. The van der Waals surface area contributed by atoms with Crippen LogP contribution in [-0.2, 0) is 14.8 Å². The number of aryl methyl sites for hydroxylation is 1. The summed E-state index contributed by atoms with van der Waals surface area (Å²) in [6, 6.07) is 7.39. The van der Waals surface area contributed by atoms with E-state index < -0.39 is 10.0 Å². The van der Waals surface area contributed by atoms with Crippen molar-refractivity contribution >= 4 is 10.0 Å². The van der Waals surface area contributed by atoms with Gasteiger partial charge in [0.1, 0.15) is 0 Å². The first kappa shape index (κ1) is 15.0. The Kier molecular flexibility index (Phi) is 4.05. The first-order valence-electron chi connectivity index (χ1n) is 7.39. The van der Waals surface area contributed by atoms with Gasteiger partial charge in [0.25, 0.3) is 0 Å². The maximum absolute atomic E-state index is 12.5. The van der Waals surface area contributed by atoms with Crippen LogP contribution in [-0.4, -0.2) is 51.2 Å². The molecule has 1 N–H and O–H groups in total. The molecule has 0 bridgehead atoms. The van der Waals surface area contributed by atoms with E-state index in [1.807, 2.05) is 19.1 Å². The molecule has 1 aromatic carbocycles. The fraction of sp³-hybridized carbons (Fsp3) is 0.600. The van der Waals surface area contributed by atoms with Gasteiger partial charge in [-0.05, 0) is 31.9 Å². The largest absolute Gasteiger partial charge is 0.376 e. The normalized spacial score (nSPS) is 30.3. The van der Waals surface area contributed by atoms with Gasteiger partial charge in [0.05, 0.1) is 17.6 Å². The van der Waals surface area contributed by atoms with E-state index in [-0.39, 0.29) is 12.1 Å². The lowest BCUT2D eigenvalue weighted by Crippen LogP contribution is -2.45. The SMILES string of the molecule is Cc1ccccc1S(=O)(=O)N[C@@H]1C[C@H]2CO[C@H](C)CN2C1. The number of nitrogens with one attached hydrogen (secondary N) is 1. The maximum atomic E-state index is 12.5. The molecule has 0 radical (unpaired) electrons. The molecule has 2 fully saturated rings. The summed E-state index contributed by atoms with van der Waals surface area (Å²) in [4.78, 5) is 2.71. The van der Waals surface area contributed by atoms with Crippen LogP contribution in [0, 0.1) is 6.92 Å². The van der Waals surface area contributed by atoms with Gasteiger partial charge in [0.15, 0.2) is 0 Å². The average molecular weight is 310 g/mol. The zero-order valence-electron chi connectivity index (χ0n) is 12.5. The highest BCUT2D eigenvalue weighted by Crippen LogP contribution is 2.24. The molecule has 6 heteroatoms. The van der Waals surface area contributed by atoms with Gasteiger partial charge >= 0.3 is 0 Å². The Hall–Kier alpha value is -0.950. The topological polar surface area (TPSA) is 58.6 Å². The Labute approximate surface area is 126 Å². The Morgan fingerprint density at radius 2 is 2.05 bits per heavy atom. The van der Waals surface area contributed by atoms with Crippen molar-refractivity contribution in [2.75, 3.05) is 19.7 Å². The summed E-state index contributed by atoms with van der Waals surface area (Å²) >= 11 is 0. The number of rotatable bonds is 3. The molecule has 2 saturated heterocycles. The van der Waals surface area contributed by atoms with Gasteiger partial charge in [-0.1, -0.05) is 18.2 Å². The van der Waals surface area contributed by atoms with Crippen molar-refractivity contribution < 1.29 is 13.2 Å². The molecule has 2 heterocycles. The molecule has 1 aromatic rings. The summed E-state index contributed by atoms with van der Waals surface area (Å²) in [6.45, 7) is 6.23. The van der Waals surface area contributed by atoms with Crippen molar-refractivity contribution in [2.24, 2.45) is 0 Å². The van der Waals surface area contributed by atoms with Gasteiger partial charge in [-0.2, -0.15) is 0 Å². The third-order valence-corrected chi connectivity index (χ3v) is 5.98. The van der Waals surface area contributed by atoms with Crippen molar-refractivity contribution in [3.8, 4) is 0 Å². The number of morpholine rings is 1. The van der Waals surface area contributed by atoms with Crippen molar-refractivity contribution in [3.05, 3.63) is 29.8 Å². The Bertz CT molecular complexity index is 617. The minimum atomic E-state index is -3.45. The molecule has 0 unspecified atom stereocenters. The van der Waals surface area contributed by atoms with E-state index in [9.17, 15) is 8.42 Å².